The Hall–Kier alpha value is -0.540. The van der Waals surface area contributed by atoms with Crippen LogP contribution >= 0.6 is 15.9 Å². The van der Waals surface area contributed by atoms with Gasteiger partial charge in [-0.05, 0) is 30.2 Å². The number of rotatable bonds is 6. The van der Waals surface area contributed by atoms with Crippen molar-refractivity contribution in [1.82, 2.24) is 0 Å². The third-order valence-corrected chi connectivity index (χ3v) is 3.54. The van der Waals surface area contributed by atoms with Crippen LogP contribution in [0.25, 0.3) is 0 Å². The lowest BCUT2D eigenvalue weighted by Crippen LogP contribution is -2.32. The number of nitrogens with one attached hydrogen (secondary N) is 1. The lowest BCUT2D eigenvalue weighted by molar-refractivity contribution is 0.231. The summed E-state index contributed by atoms with van der Waals surface area (Å²) in [6.07, 6.45) is 2.18. The molecule has 90 valence electrons. The van der Waals surface area contributed by atoms with E-state index in [2.05, 4.69) is 35.1 Å². The maximum atomic E-state index is 9.40. The molecule has 1 aromatic carbocycles. The van der Waals surface area contributed by atoms with Gasteiger partial charge in [0, 0.05) is 10.2 Å². The number of hydrogen-bond donors (Lipinski definition) is 2. The molecule has 0 aliphatic heterocycles. The average molecular weight is 286 g/mol. The highest BCUT2D eigenvalue weighted by molar-refractivity contribution is 9.10. The molecule has 0 spiro atoms. The first-order chi connectivity index (χ1) is 7.71. The van der Waals surface area contributed by atoms with Gasteiger partial charge in [0.2, 0.25) is 0 Å². The number of aliphatic hydroxyl groups is 1. The van der Waals surface area contributed by atoms with Crippen molar-refractivity contribution in [1.29, 1.82) is 0 Å². The Balaban J connectivity index is 2.65. The Morgan fingerprint density at radius 2 is 1.75 bits per heavy atom. The molecular weight excluding hydrogens is 266 g/mol. The monoisotopic (exact) mass is 285 g/mol. The highest BCUT2D eigenvalue weighted by Crippen LogP contribution is 2.20. The molecule has 0 heterocycles. The average Bonchev–Trinajstić information content (AvgIpc) is 2.32. The first-order valence-corrected chi connectivity index (χ1v) is 6.63. The molecule has 0 aliphatic rings. The number of aliphatic hydroxyl groups excluding tert-OH is 1. The summed E-state index contributed by atoms with van der Waals surface area (Å²) in [7, 11) is 0. The zero-order chi connectivity index (χ0) is 12.0. The van der Waals surface area contributed by atoms with Gasteiger partial charge in [0.25, 0.3) is 0 Å². The van der Waals surface area contributed by atoms with Crippen LogP contribution in [0.15, 0.2) is 28.7 Å². The minimum atomic E-state index is 0.149. The van der Waals surface area contributed by atoms with Gasteiger partial charge in [0.05, 0.1) is 12.6 Å². The third-order valence-electron chi connectivity index (χ3n) is 3.01. The van der Waals surface area contributed by atoms with Crippen LogP contribution in [0.1, 0.15) is 26.7 Å². The molecule has 0 amide bonds. The molecule has 3 heteroatoms. The zero-order valence-electron chi connectivity index (χ0n) is 9.91. The van der Waals surface area contributed by atoms with Crippen LogP contribution < -0.4 is 5.32 Å². The lowest BCUT2D eigenvalue weighted by atomic mass is 9.94. The molecule has 1 atom stereocenters. The zero-order valence-corrected chi connectivity index (χ0v) is 11.5. The van der Waals surface area contributed by atoms with E-state index in [1.807, 2.05) is 24.3 Å². The topological polar surface area (TPSA) is 32.3 Å². The van der Waals surface area contributed by atoms with Crippen LogP contribution in [0, 0.1) is 5.92 Å². The number of benzene rings is 1. The predicted octanol–water partition coefficient (Wildman–Crippen LogP) is 3.66. The van der Waals surface area contributed by atoms with Gasteiger partial charge in [-0.1, -0.05) is 42.6 Å². The quantitative estimate of drug-likeness (QED) is 0.836. The smallest absolute Gasteiger partial charge is 0.0635 e. The van der Waals surface area contributed by atoms with Gasteiger partial charge in [-0.2, -0.15) is 0 Å². The van der Waals surface area contributed by atoms with Gasteiger partial charge >= 0.3 is 0 Å². The van der Waals surface area contributed by atoms with Crippen molar-refractivity contribution in [2.24, 2.45) is 5.92 Å². The highest BCUT2D eigenvalue weighted by atomic mass is 79.9. The lowest BCUT2D eigenvalue weighted by Gasteiger charge is -2.25. The Labute approximate surface area is 106 Å². The molecule has 0 radical (unpaired) electrons. The number of halogens is 1. The van der Waals surface area contributed by atoms with E-state index in [0.29, 0.717) is 5.92 Å². The van der Waals surface area contributed by atoms with Crippen LogP contribution in [-0.4, -0.2) is 17.8 Å². The van der Waals surface area contributed by atoms with Crippen LogP contribution in [0.3, 0.4) is 0 Å². The second kappa shape index (κ2) is 6.92. The summed E-state index contributed by atoms with van der Waals surface area (Å²) >= 11 is 3.41. The standard InChI is InChI=1S/C13H20BrNO/c1-3-10(4-2)13(9-16)15-12-7-5-11(14)6-8-12/h5-8,10,13,15-16H,3-4,9H2,1-2H3. The normalized spacial score (nSPS) is 12.8. The predicted molar refractivity (Wildman–Crippen MR) is 72.7 cm³/mol. The molecule has 0 aromatic heterocycles. The maximum absolute atomic E-state index is 9.40. The van der Waals surface area contributed by atoms with Gasteiger partial charge in [-0.25, -0.2) is 0 Å². The van der Waals surface area contributed by atoms with E-state index in [0.717, 1.165) is 23.0 Å². The van der Waals surface area contributed by atoms with E-state index in [4.69, 9.17) is 0 Å². The van der Waals surface area contributed by atoms with E-state index >= 15 is 0 Å². The molecule has 0 saturated heterocycles. The highest BCUT2D eigenvalue weighted by Gasteiger charge is 2.16. The Morgan fingerprint density at radius 1 is 1.19 bits per heavy atom. The van der Waals surface area contributed by atoms with E-state index < -0.39 is 0 Å². The molecule has 0 saturated carbocycles. The van der Waals surface area contributed by atoms with Crippen LogP contribution in [0.2, 0.25) is 0 Å². The van der Waals surface area contributed by atoms with Crippen LogP contribution in [0.5, 0.6) is 0 Å². The van der Waals surface area contributed by atoms with E-state index in [1.54, 1.807) is 0 Å². The molecule has 1 aromatic rings. The first kappa shape index (κ1) is 13.5. The van der Waals surface area contributed by atoms with Crippen molar-refractivity contribution >= 4 is 21.6 Å². The van der Waals surface area contributed by atoms with Gasteiger partial charge in [-0.3, -0.25) is 0 Å². The van der Waals surface area contributed by atoms with Crippen molar-refractivity contribution < 1.29 is 5.11 Å². The van der Waals surface area contributed by atoms with Gasteiger partial charge in [-0.15, -0.1) is 0 Å². The van der Waals surface area contributed by atoms with Crippen molar-refractivity contribution in [2.75, 3.05) is 11.9 Å². The fourth-order valence-electron chi connectivity index (χ4n) is 1.93. The molecular formula is C13H20BrNO. The van der Waals surface area contributed by atoms with E-state index in [9.17, 15) is 5.11 Å². The third kappa shape index (κ3) is 3.80. The molecule has 0 fully saturated rings. The van der Waals surface area contributed by atoms with Crippen molar-refractivity contribution in [3.63, 3.8) is 0 Å². The second-order valence-corrected chi connectivity index (χ2v) is 4.93. The summed E-state index contributed by atoms with van der Waals surface area (Å²) in [5.41, 5.74) is 1.06. The van der Waals surface area contributed by atoms with Crippen molar-refractivity contribution in [2.45, 2.75) is 32.7 Å². The Bertz CT molecular complexity index is 295. The summed E-state index contributed by atoms with van der Waals surface area (Å²) in [4.78, 5) is 0. The Morgan fingerprint density at radius 3 is 2.19 bits per heavy atom. The minimum absolute atomic E-state index is 0.149. The second-order valence-electron chi connectivity index (χ2n) is 4.02. The van der Waals surface area contributed by atoms with E-state index in [1.165, 1.54) is 0 Å². The molecule has 0 bridgehead atoms. The summed E-state index contributed by atoms with van der Waals surface area (Å²) in [6, 6.07) is 8.20. The van der Waals surface area contributed by atoms with Gasteiger partial charge in [0.1, 0.15) is 0 Å². The van der Waals surface area contributed by atoms with Gasteiger partial charge in [0.15, 0.2) is 0 Å². The molecule has 2 nitrogen and oxygen atoms in total. The van der Waals surface area contributed by atoms with Crippen LogP contribution in [0.4, 0.5) is 5.69 Å². The molecule has 0 aliphatic carbocycles. The molecule has 1 unspecified atom stereocenters. The molecule has 16 heavy (non-hydrogen) atoms. The maximum Gasteiger partial charge on any atom is 0.0635 e. The molecule has 2 N–H and O–H groups in total. The minimum Gasteiger partial charge on any atom is -0.394 e. The van der Waals surface area contributed by atoms with Crippen LogP contribution in [-0.2, 0) is 0 Å². The van der Waals surface area contributed by atoms with Gasteiger partial charge < -0.3 is 10.4 Å². The SMILES string of the molecule is CCC(CC)C(CO)Nc1ccc(Br)cc1. The van der Waals surface area contributed by atoms with E-state index in [-0.39, 0.29) is 12.6 Å². The number of hydrogen-bond acceptors (Lipinski definition) is 2. The fourth-order valence-corrected chi connectivity index (χ4v) is 2.19. The summed E-state index contributed by atoms with van der Waals surface area (Å²) in [5, 5.41) is 12.8. The molecule has 1 rings (SSSR count). The van der Waals surface area contributed by atoms with Crippen molar-refractivity contribution in [3.8, 4) is 0 Å². The fraction of sp³-hybridized carbons (Fsp3) is 0.538. The Kier molecular flexibility index (Phi) is 5.85. The summed E-state index contributed by atoms with van der Waals surface area (Å²) < 4.78 is 1.07. The summed E-state index contributed by atoms with van der Waals surface area (Å²) in [5.74, 6) is 0.522. The van der Waals surface area contributed by atoms with Crippen molar-refractivity contribution in [3.05, 3.63) is 28.7 Å². The largest absolute Gasteiger partial charge is 0.394 e. The summed E-state index contributed by atoms with van der Waals surface area (Å²) in [6.45, 7) is 4.52. The number of anilines is 1. The first-order valence-electron chi connectivity index (χ1n) is 5.84.